The molecule has 1 saturated heterocycles. The van der Waals surface area contributed by atoms with Gasteiger partial charge in [-0.05, 0) is 19.4 Å². The number of halogens is 2. The van der Waals surface area contributed by atoms with Gasteiger partial charge in [-0.2, -0.15) is 0 Å². The van der Waals surface area contributed by atoms with E-state index in [0.717, 1.165) is 0 Å². The average molecular weight is 318 g/mol. The van der Waals surface area contributed by atoms with Crippen LogP contribution in [0.3, 0.4) is 0 Å². The molecule has 1 aromatic rings. The van der Waals surface area contributed by atoms with E-state index in [1.807, 2.05) is 0 Å². The van der Waals surface area contributed by atoms with Gasteiger partial charge in [-0.25, -0.2) is 4.79 Å². The lowest BCUT2D eigenvalue weighted by atomic mass is 9.92. The number of nitrogens with zero attached hydrogens (tertiary/aromatic N) is 1. The lowest BCUT2D eigenvalue weighted by molar-refractivity contribution is 0.0742. The summed E-state index contributed by atoms with van der Waals surface area (Å²) in [7, 11) is 1.42. The molecule has 20 heavy (non-hydrogen) atoms. The van der Waals surface area contributed by atoms with Crippen LogP contribution in [-0.4, -0.2) is 35.5 Å². The summed E-state index contributed by atoms with van der Waals surface area (Å²) in [6.45, 7) is 1.81. The zero-order valence-electron chi connectivity index (χ0n) is 10.9. The lowest BCUT2D eigenvalue weighted by Crippen LogP contribution is -2.44. The summed E-state index contributed by atoms with van der Waals surface area (Å²) in [6, 6.07) is 1.00. The number of carbonyl (C=O) groups excluding carboxylic acids is 1. The van der Waals surface area contributed by atoms with E-state index in [4.69, 9.17) is 33.0 Å². The summed E-state index contributed by atoms with van der Waals surface area (Å²) in [5.74, 6) is 0.0747. The van der Waals surface area contributed by atoms with Gasteiger partial charge in [-0.3, -0.25) is 4.79 Å². The molecule has 0 aromatic heterocycles. The predicted octanol–water partition coefficient (Wildman–Crippen LogP) is 3.63. The van der Waals surface area contributed by atoms with Gasteiger partial charge in [0.25, 0.3) is 0 Å². The second-order valence-electron chi connectivity index (χ2n) is 4.50. The highest BCUT2D eigenvalue weighted by atomic mass is 35.5. The van der Waals surface area contributed by atoms with Crippen LogP contribution in [0.2, 0.25) is 10.0 Å². The molecule has 1 unspecified atom stereocenters. The first kappa shape index (κ1) is 14.9. The maximum Gasteiger partial charge on any atom is 0.407 e. The van der Waals surface area contributed by atoms with Crippen molar-refractivity contribution in [2.45, 2.75) is 19.4 Å². The maximum atomic E-state index is 11.7. The van der Waals surface area contributed by atoms with Gasteiger partial charge in [0.05, 0.1) is 28.8 Å². The Kier molecular flexibility index (Phi) is 4.11. The number of amides is 1. The minimum Gasteiger partial charge on any atom is -0.496 e. The molecule has 1 amide bonds. The van der Waals surface area contributed by atoms with Gasteiger partial charge in [0, 0.05) is 12.1 Å². The van der Waals surface area contributed by atoms with Gasteiger partial charge in [-0.15, -0.1) is 0 Å². The van der Waals surface area contributed by atoms with Crippen LogP contribution < -0.4 is 4.74 Å². The molecule has 1 fully saturated rings. The van der Waals surface area contributed by atoms with Crippen LogP contribution in [0, 0.1) is 0 Å². The van der Waals surface area contributed by atoms with Gasteiger partial charge in [0.1, 0.15) is 5.75 Å². The molecule has 0 radical (unpaired) electrons. The Morgan fingerprint density at radius 1 is 1.45 bits per heavy atom. The number of ketones is 1. The second-order valence-corrected chi connectivity index (χ2v) is 5.29. The molecule has 5 nitrogen and oxygen atoms in total. The van der Waals surface area contributed by atoms with Crippen LogP contribution in [0.4, 0.5) is 4.79 Å². The van der Waals surface area contributed by atoms with Gasteiger partial charge < -0.3 is 14.7 Å². The van der Waals surface area contributed by atoms with Gasteiger partial charge in [0.2, 0.25) is 0 Å². The van der Waals surface area contributed by atoms with Crippen molar-refractivity contribution in [1.29, 1.82) is 0 Å². The van der Waals surface area contributed by atoms with Gasteiger partial charge >= 0.3 is 6.09 Å². The first-order chi connectivity index (χ1) is 9.38. The molecule has 1 N–H and O–H groups in total. The van der Waals surface area contributed by atoms with E-state index in [0.29, 0.717) is 29.8 Å². The number of hydrogen-bond acceptors (Lipinski definition) is 3. The number of carboxylic acid groups (broad SMARTS) is 1. The smallest absolute Gasteiger partial charge is 0.407 e. The standard InChI is InChI=1S/C13H13Cl2NO4/c1-6(17)7-5-8(14)11(15)10(12(7)20-2)9-3-4-16(9)13(18)19/h5,9H,3-4H2,1-2H3,(H,18,19). The third kappa shape index (κ3) is 2.31. The number of methoxy groups -OCH3 is 1. The van der Waals surface area contributed by atoms with Crippen molar-refractivity contribution in [3.63, 3.8) is 0 Å². The highest BCUT2D eigenvalue weighted by Crippen LogP contribution is 2.46. The van der Waals surface area contributed by atoms with Crippen LogP contribution >= 0.6 is 23.2 Å². The maximum absolute atomic E-state index is 11.7. The van der Waals surface area contributed by atoms with Crippen LogP contribution in [0.1, 0.15) is 35.3 Å². The quantitative estimate of drug-likeness (QED) is 0.864. The summed E-state index contributed by atoms with van der Waals surface area (Å²) in [5, 5.41) is 9.55. The van der Waals surface area contributed by atoms with E-state index >= 15 is 0 Å². The summed E-state index contributed by atoms with van der Waals surface area (Å²) in [5.41, 5.74) is 0.759. The monoisotopic (exact) mass is 317 g/mol. The number of benzene rings is 1. The molecule has 0 aliphatic carbocycles. The molecule has 1 atom stereocenters. The molecular formula is C13H13Cl2NO4. The molecule has 1 aromatic carbocycles. The highest BCUT2D eigenvalue weighted by Gasteiger charge is 2.38. The summed E-state index contributed by atoms with van der Waals surface area (Å²) in [6.07, 6.45) is -0.427. The molecule has 0 spiro atoms. The summed E-state index contributed by atoms with van der Waals surface area (Å²) < 4.78 is 5.28. The zero-order valence-corrected chi connectivity index (χ0v) is 12.5. The fourth-order valence-electron chi connectivity index (χ4n) is 2.32. The van der Waals surface area contributed by atoms with E-state index in [9.17, 15) is 9.59 Å². The Morgan fingerprint density at radius 2 is 2.10 bits per heavy atom. The van der Waals surface area contributed by atoms with E-state index in [-0.39, 0.29) is 15.8 Å². The van der Waals surface area contributed by atoms with Crippen LogP contribution in [-0.2, 0) is 0 Å². The fraction of sp³-hybridized carbons (Fsp3) is 0.385. The third-order valence-corrected chi connectivity index (χ3v) is 4.19. The summed E-state index contributed by atoms with van der Waals surface area (Å²) >= 11 is 12.2. The molecule has 0 bridgehead atoms. The molecule has 2 rings (SSSR count). The normalized spacial score (nSPS) is 17.6. The van der Waals surface area contributed by atoms with Crippen molar-refractivity contribution in [1.82, 2.24) is 4.90 Å². The van der Waals surface area contributed by atoms with Gasteiger partial charge in [0.15, 0.2) is 5.78 Å². The second kappa shape index (κ2) is 5.50. The number of likely N-dealkylation sites (tertiary alicyclic amines) is 1. The number of carbonyl (C=O) groups is 2. The zero-order chi connectivity index (χ0) is 15.0. The van der Waals surface area contributed by atoms with Crippen LogP contribution in [0.25, 0.3) is 0 Å². The summed E-state index contributed by atoms with van der Waals surface area (Å²) in [4.78, 5) is 24.0. The Hall–Kier alpha value is -1.46. The number of rotatable bonds is 3. The molecule has 7 heteroatoms. The number of ether oxygens (including phenoxy) is 1. The van der Waals surface area contributed by atoms with Crippen molar-refractivity contribution in [2.75, 3.05) is 13.7 Å². The Morgan fingerprint density at radius 3 is 2.50 bits per heavy atom. The number of Topliss-reactive ketones (excluding diaryl/α,β-unsaturated/α-hetero) is 1. The molecule has 1 aliphatic rings. The lowest BCUT2D eigenvalue weighted by Gasteiger charge is -2.40. The van der Waals surface area contributed by atoms with Crippen molar-refractivity contribution < 1.29 is 19.4 Å². The van der Waals surface area contributed by atoms with Crippen molar-refractivity contribution >= 4 is 35.1 Å². The Balaban J connectivity index is 2.61. The predicted molar refractivity (Wildman–Crippen MR) is 75.1 cm³/mol. The third-order valence-electron chi connectivity index (χ3n) is 3.39. The van der Waals surface area contributed by atoms with Crippen LogP contribution in [0.5, 0.6) is 5.75 Å². The largest absolute Gasteiger partial charge is 0.496 e. The first-order valence-corrected chi connectivity index (χ1v) is 6.70. The van der Waals surface area contributed by atoms with Crippen molar-refractivity contribution in [3.05, 3.63) is 27.2 Å². The number of hydrogen-bond donors (Lipinski definition) is 1. The molecule has 1 heterocycles. The Labute approximate surface area is 126 Å². The fourth-order valence-corrected chi connectivity index (χ4v) is 2.80. The topological polar surface area (TPSA) is 66.8 Å². The molecule has 0 saturated carbocycles. The minimum absolute atomic E-state index is 0.213. The van der Waals surface area contributed by atoms with Crippen molar-refractivity contribution in [2.24, 2.45) is 0 Å². The SMILES string of the molecule is COc1c(C(C)=O)cc(Cl)c(Cl)c1C1CCN1C(=O)O. The molecular weight excluding hydrogens is 305 g/mol. The van der Waals surface area contributed by atoms with Crippen molar-refractivity contribution in [3.8, 4) is 5.75 Å². The van der Waals surface area contributed by atoms with E-state index in [1.165, 1.54) is 25.0 Å². The van der Waals surface area contributed by atoms with E-state index < -0.39 is 12.1 Å². The molecule has 108 valence electrons. The Bertz CT molecular complexity index is 588. The van der Waals surface area contributed by atoms with E-state index in [2.05, 4.69) is 0 Å². The molecule has 1 aliphatic heterocycles. The van der Waals surface area contributed by atoms with Crippen LogP contribution in [0.15, 0.2) is 6.07 Å². The van der Waals surface area contributed by atoms with Gasteiger partial charge in [-0.1, -0.05) is 23.2 Å². The first-order valence-electron chi connectivity index (χ1n) is 5.94. The minimum atomic E-state index is -1.04. The highest BCUT2D eigenvalue weighted by molar-refractivity contribution is 6.43. The van der Waals surface area contributed by atoms with E-state index in [1.54, 1.807) is 0 Å². The average Bonchev–Trinajstić information content (AvgIpc) is 2.32.